The van der Waals surface area contributed by atoms with Crippen LogP contribution in [-0.4, -0.2) is 37.7 Å². The molecule has 3 rings (SSSR count). The van der Waals surface area contributed by atoms with Gasteiger partial charge in [0.15, 0.2) is 0 Å². The highest BCUT2D eigenvalue weighted by molar-refractivity contribution is 5.83. The van der Waals surface area contributed by atoms with Crippen molar-refractivity contribution in [1.82, 2.24) is 21.5 Å². The second-order valence-electron chi connectivity index (χ2n) is 6.42. The summed E-state index contributed by atoms with van der Waals surface area (Å²) >= 11 is 0. The first-order chi connectivity index (χ1) is 12.1. The molecule has 2 heterocycles. The van der Waals surface area contributed by atoms with Crippen LogP contribution in [0.25, 0.3) is 0 Å². The summed E-state index contributed by atoms with van der Waals surface area (Å²) < 4.78 is 29.9. The Balaban J connectivity index is 1.71. The monoisotopic (exact) mass is 354 g/mol. The maximum absolute atomic E-state index is 12.7. The molecule has 4 atom stereocenters. The molecule has 138 valence electrons. The van der Waals surface area contributed by atoms with Gasteiger partial charge in [0, 0.05) is 24.1 Å². The number of halogens is 2. The van der Waals surface area contributed by atoms with Gasteiger partial charge in [0.2, 0.25) is 5.91 Å². The molecule has 0 radical (unpaired) electrons. The zero-order valence-electron chi connectivity index (χ0n) is 14.1. The van der Waals surface area contributed by atoms with Crippen LogP contribution in [0.15, 0.2) is 24.3 Å². The number of hydrogen-bond donors (Lipinski definition) is 4. The Hall–Kier alpha value is -1.77. The van der Waals surface area contributed by atoms with Crippen LogP contribution < -0.4 is 26.2 Å². The summed E-state index contributed by atoms with van der Waals surface area (Å²) in [5.41, 5.74) is 6.81. The van der Waals surface area contributed by atoms with Crippen molar-refractivity contribution in [3.8, 4) is 5.75 Å². The number of nitrogens with one attached hydrogen (secondary N) is 4. The molecule has 2 aliphatic rings. The third-order valence-corrected chi connectivity index (χ3v) is 4.90. The number of piperidine rings is 1. The van der Waals surface area contributed by atoms with Gasteiger partial charge in [-0.3, -0.25) is 10.2 Å². The SMILES string of the molecule is CCC(NC(=O)C1NNC2CCNCC21)c1ccccc1OC(F)F. The van der Waals surface area contributed by atoms with E-state index in [4.69, 9.17) is 0 Å². The predicted molar refractivity (Wildman–Crippen MR) is 89.1 cm³/mol. The normalized spacial score (nSPS) is 27.0. The van der Waals surface area contributed by atoms with Crippen LogP contribution in [0.2, 0.25) is 0 Å². The number of amides is 1. The molecule has 8 heteroatoms. The summed E-state index contributed by atoms with van der Waals surface area (Å²) in [6, 6.07) is 6.11. The number of alkyl halides is 2. The Morgan fingerprint density at radius 3 is 2.92 bits per heavy atom. The molecule has 1 aromatic rings. The predicted octanol–water partition coefficient (Wildman–Crippen LogP) is 1.31. The standard InChI is InChI=1S/C17H24F2N4O2/c1-2-12(10-5-3-4-6-14(10)25-17(18)19)21-16(24)15-11-9-20-8-7-13(11)22-23-15/h3-6,11-13,15,17,20,22-23H,2,7-9H2,1H3,(H,21,24). The Labute approximate surface area is 145 Å². The van der Waals surface area contributed by atoms with Crippen molar-refractivity contribution in [2.45, 2.75) is 44.5 Å². The molecule has 1 aromatic carbocycles. The number of hydrazine groups is 1. The number of hydrogen-bond acceptors (Lipinski definition) is 5. The van der Waals surface area contributed by atoms with E-state index in [1.165, 1.54) is 6.07 Å². The Bertz CT molecular complexity index is 602. The van der Waals surface area contributed by atoms with Crippen molar-refractivity contribution in [3.05, 3.63) is 29.8 Å². The highest BCUT2D eigenvalue weighted by Gasteiger charge is 2.41. The summed E-state index contributed by atoms with van der Waals surface area (Å²) in [5, 5.41) is 6.28. The van der Waals surface area contributed by atoms with Crippen LogP contribution in [0.1, 0.15) is 31.4 Å². The van der Waals surface area contributed by atoms with Crippen molar-refractivity contribution in [2.75, 3.05) is 13.1 Å². The van der Waals surface area contributed by atoms with E-state index < -0.39 is 6.61 Å². The van der Waals surface area contributed by atoms with E-state index >= 15 is 0 Å². The fraction of sp³-hybridized carbons (Fsp3) is 0.588. The molecule has 4 unspecified atom stereocenters. The average molecular weight is 354 g/mol. The molecule has 0 saturated carbocycles. The van der Waals surface area contributed by atoms with Gasteiger partial charge in [0.05, 0.1) is 6.04 Å². The number of carbonyl (C=O) groups excluding carboxylic acids is 1. The fourth-order valence-electron chi connectivity index (χ4n) is 3.61. The van der Waals surface area contributed by atoms with Crippen LogP contribution in [0.5, 0.6) is 5.75 Å². The van der Waals surface area contributed by atoms with Crippen molar-refractivity contribution in [3.63, 3.8) is 0 Å². The smallest absolute Gasteiger partial charge is 0.387 e. The minimum Gasteiger partial charge on any atom is -0.434 e. The fourth-order valence-corrected chi connectivity index (χ4v) is 3.61. The number of carbonyl (C=O) groups is 1. The maximum atomic E-state index is 12.7. The van der Waals surface area contributed by atoms with E-state index in [-0.39, 0.29) is 35.7 Å². The van der Waals surface area contributed by atoms with Crippen LogP contribution in [0, 0.1) is 5.92 Å². The van der Waals surface area contributed by atoms with Gasteiger partial charge in [-0.25, -0.2) is 5.43 Å². The van der Waals surface area contributed by atoms with E-state index in [9.17, 15) is 13.6 Å². The van der Waals surface area contributed by atoms with E-state index in [1.807, 2.05) is 6.92 Å². The summed E-state index contributed by atoms with van der Waals surface area (Å²) in [6.45, 7) is 0.698. The van der Waals surface area contributed by atoms with Gasteiger partial charge in [-0.15, -0.1) is 0 Å². The molecule has 0 spiro atoms. The van der Waals surface area contributed by atoms with Gasteiger partial charge in [0.1, 0.15) is 11.8 Å². The highest BCUT2D eigenvalue weighted by Crippen LogP contribution is 2.29. The topological polar surface area (TPSA) is 74.4 Å². The molecular formula is C17H24F2N4O2. The first-order valence-corrected chi connectivity index (χ1v) is 8.66. The molecule has 2 saturated heterocycles. The van der Waals surface area contributed by atoms with E-state index in [2.05, 4.69) is 26.2 Å². The highest BCUT2D eigenvalue weighted by atomic mass is 19.3. The number of fused-ring (bicyclic) bond motifs is 1. The Morgan fingerprint density at radius 2 is 2.16 bits per heavy atom. The van der Waals surface area contributed by atoms with Gasteiger partial charge >= 0.3 is 6.61 Å². The van der Waals surface area contributed by atoms with Crippen LogP contribution in [0.4, 0.5) is 8.78 Å². The Kier molecular flexibility index (Phi) is 5.82. The molecule has 0 aliphatic carbocycles. The molecule has 2 aliphatic heterocycles. The van der Waals surface area contributed by atoms with Crippen LogP contribution >= 0.6 is 0 Å². The molecule has 1 amide bonds. The lowest BCUT2D eigenvalue weighted by Gasteiger charge is -2.28. The zero-order valence-corrected chi connectivity index (χ0v) is 14.1. The van der Waals surface area contributed by atoms with Gasteiger partial charge in [-0.05, 0) is 25.5 Å². The van der Waals surface area contributed by atoms with Gasteiger partial charge in [-0.1, -0.05) is 25.1 Å². The first kappa shape index (κ1) is 18.0. The summed E-state index contributed by atoms with van der Waals surface area (Å²) in [4.78, 5) is 12.7. The second-order valence-corrected chi connectivity index (χ2v) is 6.42. The number of para-hydroxylation sites is 1. The van der Waals surface area contributed by atoms with Crippen LogP contribution in [0.3, 0.4) is 0 Å². The lowest BCUT2D eigenvalue weighted by atomic mass is 9.89. The average Bonchev–Trinajstić information content (AvgIpc) is 3.04. The summed E-state index contributed by atoms with van der Waals surface area (Å²) in [7, 11) is 0. The van der Waals surface area contributed by atoms with Crippen molar-refractivity contribution < 1.29 is 18.3 Å². The first-order valence-electron chi connectivity index (χ1n) is 8.66. The molecule has 6 nitrogen and oxygen atoms in total. The molecule has 0 aromatic heterocycles. The molecule has 4 N–H and O–H groups in total. The van der Waals surface area contributed by atoms with Crippen molar-refractivity contribution in [2.24, 2.45) is 5.92 Å². The second kappa shape index (κ2) is 8.07. The van der Waals surface area contributed by atoms with E-state index in [0.717, 1.165) is 19.5 Å². The van der Waals surface area contributed by atoms with Crippen LogP contribution in [-0.2, 0) is 4.79 Å². The van der Waals surface area contributed by atoms with E-state index in [1.54, 1.807) is 18.2 Å². The largest absolute Gasteiger partial charge is 0.434 e. The number of ether oxygens (including phenoxy) is 1. The van der Waals surface area contributed by atoms with Crippen molar-refractivity contribution >= 4 is 5.91 Å². The van der Waals surface area contributed by atoms with Gasteiger partial charge in [0.25, 0.3) is 0 Å². The quantitative estimate of drug-likeness (QED) is 0.620. The molecule has 2 fully saturated rings. The third-order valence-electron chi connectivity index (χ3n) is 4.90. The summed E-state index contributed by atoms with van der Waals surface area (Å²) in [5.74, 6) is 0.126. The Morgan fingerprint density at radius 1 is 1.36 bits per heavy atom. The summed E-state index contributed by atoms with van der Waals surface area (Å²) in [6.07, 6.45) is 1.53. The molecule has 0 bridgehead atoms. The minimum atomic E-state index is -2.90. The lowest BCUT2D eigenvalue weighted by Crippen LogP contribution is -2.49. The minimum absolute atomic E-state index is 0.0966. The molecular weight excluding hydrogens is 330 g/mol. The maximum Gasteiger partial charge on any atom is 0.387 e. The van der Waals surface area contributed by atoms with Gasteiger partial charge < -0.3 is 15.4 Å². The number of rotatable bonds is 6. The number of benzene rings is 1. The van der Waals surface area contributed by atoms with E-state index in [0.29, 0.717) is 12.0 Å². The van der Waals surface area contributed by atoms with Gasteiger partial charge in [-0.2, -0.15) is 8.78 Å². The zero-order chi connectivity index (χ0) is 17.8. The lowest BCUT2D eigenvalue weighted by molar-refractivity contribution is -0.124. The molecule has 25 heavy (non-hydrogen) atoms. The van der Waals surface area contributed by atoms with Crippen molar-refractivity contribution in [1.29, 1.82) is 0 Å². The third kappa shape index (κ3) is 4.08.